The molecule has 2 heterocycles. The third-order valence-corrected chi connectivity index (χ3v) is 10.4. The van der Waals surface area contributed by atoms with Crippen LogP contribution in [0.2, 0.25) is 0 Å². The topological polar surface area (TPSA) is 55.9 Å². The van der Waals surface area contributed by atoms with Gasteiger partial charge in [-0.2, -0.15) is 0 Å². The summed E-state index contributed by atoms with van der Waals surface area (Å²) in [6, 6.07) is 0. The zero-order valence-electron chi connectivity index (χ0n) is 16.3. The minimum atomic E-state index is -0.239. The first-order chi connectivity index (χ1) is 12.8. The molecule has 0 radical (unpaired) electrons. The fraction of sp³-hybridized carbons (Fsp3) is 0.826. The summed E-state index contributed by atoms with van der Waals surface area (Å²) in [5.74, 6) is 2.77. The minimum Gasteiger partial charge on any atom is -0.458 e. The summed E-state index contributed by atoms with van der Waals surface area (Å²) < 4.78 is 12.8. The quantitative estimate of drug-likeness (QED) is 0.484. The highest BCUT2D eigenvalue weighted by molar-refractivity contribution is 5.92. The van der Waals surface area contributed by atoms with E-state index in [1.54, 1.807) is 0 Å². The highest BCUT2D eigenvalue weighted by Crippen LogP contribution is 2.82. The van der Waals surface area contributed by atoms with Gasteiger partial charge in [-0.25, -0.2) is 0 Å². The van der Waals surface area contributed by atoms with Crippen molar-refractivity contribution >= 4 is 11.8 Å². The van der Waals surface area contributed by atoms with Gasteiger partial charge in [0.15, 0.2) is 5.78 Å². The van der Waals surface area contributed by atoms with Crippen molar-refractivity contribution in [3.05, 3.63) is 11.6 Å². The number of carbonyl (C=O) groups excluding carboxylic acids is 2. The average Bonchev–Trinajstić information content (AvgIpc) is 3.49. The molecule has 4 nitrogen and oxygen atoms in total. The predicted molar refractivity (Wildman–Crippen MR) is 96.6 cm³/mol. The summed E-state index contributed by atoms with van der Waals surface area (Å²) in [6.07, 6.45) is 9.85. The van der Waals surface area contributed by atoms with Crippen LogP contribution < -0.4 is 0 Å². The molecule has 27 heavy (non-hydrogen) atoms. The first kappa shape index (κ1) is 15.7. The Morgan fingerprint density at radius 3 is 2.74 bits per heavy atom. The molecule has 2 saturated heterocycles. The van der Waals surface area contributed by atoms with Gasteiger partial charge in [-0.1, -0.05) is 19.4 Å². The van der Waals surface area contributed by atoms with Gasteiger partial charge in [-0.3, -0.25) is 9.59 Å². The van der Waals surface area contributed by atoms with Crippen molar-refractivity contribution in [2.24, 2.45) is 34.5 Å². The molecule has 9 atom stereocenters. The van der Waals surface area contributed by atoms with Crippen LogP contribution >= 0.6 is 0 Å². The highest BCUT2D eigenvalue weighted by atomic mass is 16.6. The van der Waals surface area contributed by atoms with Gasteiger partial charge in [0.25, 0.3) is 0 Å². The second-order valence-electron chi connectivity index (χ2n) is 11.1. The lowest BCUT2D eigenvalue weighted by molar-refractivity contribution is -0.164. The first-order valence-corrected chi connectivity index (χ1v) is 11.0. The zero-order chi connectivity index (χ0) is 18.4. The Hall–Kier alpha value is -1.16. The summed E-state index contributed by atoms with van der Waals surface area (Å²) in [5, 5.41) is 0. The number of epoxide rings is 1. The molecular formula is C23H28O4. The maximum atomic E-state index is 12.2. The Morgan fingerprint density at radius 1 is 1.11 bits per heavy atom. The lowest BCUT2D eigenvalue weighted by Crippen LogP contribution is -2.60. The molecule has 5 aliphatic carbocycles. The number of ether oxygens (including phenoxy) is 2. The van der Waals surface area contributed by atoms with E-state index in [9.17, 15) is 9.59 Å². The van der Waals surface area contributed by atoms with Gasteiger partial charge in [0, 0.05) is 23.7 Å². The molecule has 4 saturated carbocycles. The Bertz CT molecular complexity index is 845. The lowest BCUT2D eigenvalue weighted by Gasteiger charge is -2.56. The van der Waals surface area contributed by atoms with Gasteiger partial charge in [0.05, 0.1) is 6.10 Å². The van der Waals surface area contributed by atoms with Gasteiger partial charge in [-0.05, 0) is 68.3 Å². The van der Waals surface area contributed by atoms with E-state index in [2.05, 4.69) is 13.8 Å². The smallest absolute Gasteiger partial charge is 0.306 e. The SMILES string of the molecule is C[C@]12CCC(=O)C=C1[C@@H]1C[C@@H]1[C@H]1[C@@H]3CC[C@@]4(CCC(=O)O4)[C@@]3(C)C[C@@H]3O[C@@]132. The molecule has 0 N–H and O–H groups in total. The third-order valence-electron chi connectivity index (χ3n) is 10.4. The van der Waals surface area contributed by atoms with E-state index < -0.39 is 0 Å². The van der Waals surface area contributed by atoms with Crippen LogP contribution in [0.25, 0.3) is 0 Å². The molecular weight excluding hydrogens is 340 g/mol. The van der Waals surface area contributed by atoms with Gasteiger partial charge < -0.3 is 9.47 Å². The molecule has 0 bridgehead atoms. The Morgan fingerprint density at radius 2 is 1.96 bits per heavy atom. The second-order valence-corrected chi connectivity index (χ2v) is 11.1. The number of hydrogen-bond donors (Lipinski definition) is 0. The van der Waals surface area contributed by atoms with Gasteiger partial charge in [0.2, 0.25) is 0 Å². The summed E-state index contributed by atoms with van der Waals surface area (Å²) in [4.78, 5) is 24.2. The molecule has 0 unspecified atom stereocenters. The van der Waals surface area contributed by atoms with E-state index in [4.69, 9.17) is 9.47 Å². The monoisotopic (exact) mass is 368 g/mol. The molecule has 2 spiro atoms. The summed E-state index contributed by atoms with van der Waals surface area (Å²) in [5.41, 5.74) is 1.24. The Labute approximate surface area is 160 Å². The van der Waals surface area contributed by atoms with Crippen LogP contribution in [0.3, 0.4) is 0 Å². The third kappa shape index (κ3) is 1.47. The van der Waals surface area contributed by atoms with Crippen molar-refractivity contribution < 1.29 is 19.1 Å². The van der Waals surface area contributed by atoms with Gasteiger partial charge in [0.1, 0.15) is 11.2 Å². The first-order valence-electron chi connectivity index (χ1n) is 11.0. The summed E-state index contributed by atoms with van der Waals surface area (Å²) in [6.45, 7) is 4.81. The van der Waals surface area contributed by atoms with E-state index >= 15 is 0 Å². The molecule has 0 aromatic heterocycles. The van der Waals surface area contributed by atoms with E-state index in [1.807, 2.05) is 6.08 Å². The van der Waals surface area contributed by atoms with Crippen LogP contribution in [-0.2, 0) is 19.1 Å². The molecule has 2 aliphatic heterocycles. The zero-order valence-corrected chi connectivity index (χ0v) is 16.3. The van der Waals surface area contributed by atoms with Gasteiger partial charge in [-0.15, -0.1) is 0 Å². The van der Waals surface area contributed by atoms with Crippen LogP contribution in [0, 0.1) is 34.5 Å². The van der Waals surface area contributed by atoms with Gasteiger partial charge >= 0.3 is 5.97 Å². The van der Waals surface area contributed by atoms with Crippen molar-refractivity contribution in [3.63, 3.8) is 0 Å². The van der Waals surface area contributed by atoms with Crippen LogP contribution in [0.1, 0.15) is 65.2 Å². The summed E-state index contributed by atoms with van der Waals surface area (Å²) >= 11 is 0. The predicted octanol–water partition coefficient (Wildman–Crippen LogP) is 3.58. The number of fused-ring (bicyclic) bond motifs is 7. The van der Waals surface area contributed by atoms with Crippen LogP contribution in [-0.4, -0.2) is 29.1 Å². The van der Waals surface area contributed by atoms with E-state index in [1.165, 1.54) is 18.4 Å². The molecule has 7 rings (SSSR count). The fourth-order valence-corrected chi connectivity index (χ4v) is 9.12. The maximum Gasteiger partial charge on any atom is 0.306 e. The van der Waals surface area contributed by atoms with Crippen molar-refractivity contribution in [2.75, 3.05) is 0 Å². The van der Waals surface area contributed by atoms with E-state index in [0.29, 0.717) is 42.3 Å². The Kier molecular flexibility index (Phi) is 2.46. The van der Waals surface area contributed by atoms with Crippen LogP contribution in [0.4, 0.5) is 0 Å². The maximum absolute atomic E-state index is 12.2. The molecule has 0 aromatic rings. The lowest BCUT2D eigenvalue weighted by atomic mass is 9.46. The fourth-order valence-electron chi connectivity index (χ4n) is 9.12. The number of hydrogen-bond acceptors (Lipinski definition) is 4. The van der Waals surface area contributed by atoms with Crippen LogP contribution in [0.15, 0.2) is 11.6 Å². The summed E-state index contributed by atoms with van der Waals surface area (Å²) in [7, 11) is 0. The normalized spacial score (nSPS) is 62.0. The molecule has 144 valence electrons. The molecule has 0 aromatic carbocycles. The van der Waals surface area contributed by atoms with Crippen molar-refractivity contribution in [1.29, 1.82) is 0 Å². The molecule has 0 amide bonds. The van der Waals surface area contributed by atoms with E-state index in [0.717, 1.165) is 25.7 Å². The number of esters is 1. The number of ketones is 1. The molecule has 7 aliphatic rings. The van der Waals surface area contributed by atoms with E-state index in [-0.39, 0.29) is 34.1 Å². The Balaban J connectivity index is 1.36. The molecule has 4 heteroatoms. The second kappa shape index (κ2) is 4.22. The number of rotatable bonds is 0. The van der Waals surface area contributed by atoms with Crippen molar-refractivity contribution in [2.45, 2.75) is 82.5 Å². The largest absolute Gasteiger partial charge is 0.458 e. The van der Waals surface area contributed by atoms with Crippen molar-refractivity contribution in [1.82, 2.24) is 0 Å². The number of carbonyl (C=O) groups is 2. The van der Waals surface area contributed by atoms with Crippen LogP contribution in [0.5, 0.6) is 0 Å². The van der Waals surface area contributed by atoms with Crippen molar-refractivity contribution in [3.8, 4) is 0 Å². The average molecular weight is 368 g/mol. The molecule has 6 fully saturated rings. The minimum absolute atomic E-state index is 0.00124. The standard InChI is InChI=1S/C23H28O4/c1-20-6-3-12(24)9-16(20)13-10-14(13)19-15-4-7-22(8-5-18(25)27-22)21(15,2)11-17-23(19,20)26-17/h9,13-15,17,19H,3-8,10-11H2,1-2H3/t13-,14+,15+,17+,19+,20+,21+,22-,23-/m1/s1. The highest BCUT2D eigenvalue weighted by Gasteiger charge is 2.85.